The average Bonchev–Trinajstić information content (AvgIpc) is 2.41. The van der Waals surface area contributed by atoms with Crippen molar-refractivity contribution in [2.75, 3.05) is 0 Å². The van der Waals surface area contributed by atoms with Gasteiger partial charge in [0.15, 0.2) is 0 Å². The number of benzene rings is 1. The lowest BCUT2D eigenvalue weighted by Crippen LogP contribution is -1.92. The van der Waals surface area contributed by atoms with Crippen LogP contribution in [0, 0.1) is 6.92 Å². The number of aryl methyl sites for hydroxylation is 2. The van der Waals surface area contributed by atoms with Crippen LogP contribution >= 0.6 is 0 Å². The largest absolute Gasteiger partial charge is 0.392 e. The lowest BCUT2D eigenvalue weighted by molar-refractivity contribution is 0.281. The van der Waals surface area contributed by atoms with E-state index in [1.807, 2.05) is 0 Å². The van der Waals surface area contributed by atoms with Crippen LogP contribution in [0.25, 0.3) is 0 Å². The minimum Gasteiger partial charge on any atom is -0.392 e. The van der Waals surface area contributed by atoms with Crippen LogP contribution in [0.1, 0.15) is 75.0 Å². The highest BCUT2D eigenvalue weighted by atomic mass is 16.3. The van der Waals surface area contributed by atoms with E-state index in [4.69, 9.17) is 0 Å². The summed E-state index contributed by atoms with van der Waals surface area (Å²) in [6.45, 7) is 4.53. The molecule has 0 heterocycles. The van der Waals surface area contributed by atoms with Crippen molar-refractivity contribution in [1.82, 2.24) is 0 Å². The summed E-state index contributed by atoms with van der Waals surface area (Å²) in [6, 6.07) is 6.46. The van der Waals surface area contributed by atoms with Gasteiger partial charge in [-0.05, 0) is 30.9 Å². The molecule has 0 fully saturated rings. The zero-order valence-corrected chi connectivity index (χ0v) is 12.8. The van der Waals surface area contributed by atoms with Crippen molar-refractivity contribution >= 4 is 0 Å². The molecule has 0 radical (unpaired) electrons. The van der Waals surface area contributed by atoms with Gasteiger partial charge in [-0.1, -0.05) is 75.6 Å². The number of unbranched alkanes of at least 4 members (excludes halogenated alkanes) is 7. The second-order valence-corrected chi connectivity index (χ2v) is 5.71. The normalized spacial score (nSPS) is 10.9. The Kier molecular flexibility index (Phi) is 8.57. The average molecular weight is 262 g/mol. The van der Waals surface area contributed by atoms with Crippen molar-refractivity contribution in [3.63, 3.8) is 0 Å². The maximum absolute atomic E-state index is 9.20. The molecule has 1 aromatic rings. The number of hydrogen-bond donors (Lipinski definition) is 1. The first-order chi connectivity index (χ1) is 9.26. The third-order valence-corrected chi connectivity index (χ3v) is 3.70. The Balaban J connectivity index is 2.13. The Labute approximate surface area is 119 Å². The molecule has 1 nitrogen and oxygen atoms in total. The van der Waals surface area contributed by atoms with E-state index in [1.54, 1.807) is 0 Å². The summed E-state index contributed by atoms with van der Waals surface area (Å²) < 4.78 is 0. The second-order valence-electron chi connectivity index (χ2n) is 5.71. The van der Waals surface area contributed by atoms with Gasteiger partial charge in [0.2, 0.25) is 0 Å². The summed E-state index contributed by atoms with van der Waals surface area (Å²) in [5, 5.41) is 9.20. The van der Waals surface area contributed by atoms with Gasteiger partial charge in [0.1, 0.15) is 0 Å². The molecule has 0 atom stereocenters. The predicted octanol–water partition coefficient (Wildman–Crippen LogP) is 5.17. The quantitative estimate of drug-likeness (QED) is 0.577. The maximum Gasteiger partial charge on any atom is 0.0682 e. The van der Waals surface area contributed by atoms with E-state index in [0.29, 0.717) is 0 Å². The molecule has 0 unspecified atom stereocenters. The molecule has 19 heavy (non-hydrogen) atoms. The zero-order chi connectivity index (χ0) is 13.9. The first-order valence-corrected chi connectivity index (χ1v) is 7.96. The van der Waals surface area contributed by atoms with E-state index in [9.17, 15) is 5.11 Å². The minimum atomic E-state index is 0.159. The third-order valence-electron chi connectivity index (χ3n) is 3.70. The van der Waals surface area contributed by atoms with Crippen LogP contribution < -0.4 is 0 Å². The highest BCUT2D eigenvalue weighted by molar-refractivity contribution is 5.29. The van der Waals surface area contributed by atoms with Crippen molar-refractivity contribution in [1.29, 1.82) is 0 Å². The first-order valence-electron chi connectivity index (χ1n) is 7.96. The van der Waals surface area contributed by atoms with Gasteiger partial charge in [-0.25, -0.2) is 0 Å². The third kappa shape index (κ3) is 7.37. The van der Waals surface area contributed by atoms with Gasteiger partial charge in [0.05, 0.1) is 6.61 Å². The molecule has 108 valence electrons. The van der Waals surface area contributed by atoms with Crippen LogP contribution in [0.2, 0.25) is 0 Å². The van der Waals surface area contributed by atoms with Gasteiger partial charge in [0.25, 0.3) is 0 Å². The monoisotopic (exact) mass is 262 g/mol. The summed E-state index contributed by atoms with van der Waals surface area (Å²) in [7, 11) is 0. The van der Waals surface area contributed by atoms with Gasteiger partial charge in [-0.3, -0.25) is 0 Å². The Morgan fingerprint density at radius 2 is 1.37 bits per heavy atom. The standard InChI is InChI=1S/C18H30O/c1-3-4-5-6-7-8-9-10-11-17-12-16(2)13-18(14-17)15-19/h12-14,19H,3-11,15H2,1-2H3. The van der Waals surface area contributed by atoms with Gasteiger partial charge in [0, 0.05) is 0 Å². The fourth-order valence-electron chi connectivity index (χ4n) is 2.65. The van der Waals surface area contributed by atoms with Gasteiger partial charge in [-0.2, -0.15) is 0 Å². The lowest BCUT2D eigenvalue weighted by Gasteiger charge is -2.06. The molecule has 0 aliphatic carbocycles. The van der Waals surface area contributed by atoms with E-state index in [1.165, 1.54) is 62.5 Å². The molecule has 0 spiro atoms. The van der Waals surface area contributed by atoms with Crippen molar-refractivity contribution in [3.8, 4) is 0 Å². The molecule has 0 aromatic heterocycles. The Bertz CT molecular complexity index is 344. The Hall–Kier alpha value is -0.820. The fraction of sp³-hybridized carbons (Fsp3) is 0.667. The molecule has 0 aliphatic heterocycles. The molecule has 0 amide bonds. The van der Waals surface area contributed by atoms with Gasteiger partial charge in [-0.15, -0.1) is 0 Å². The number of rotatable bonds is 10. The molecule has 0 bridgehead atoms. The number of aliphatic hydroxyl groups is 1. The summed E-state index contributed by atoms with van der Waals surface area (Å²) in [5.74, 6) is 0. The lowest BCUT2D eigenvalue weighted by atomic mass is 10.0. The smallest absolute Gasteiger partial charge is 0.0682 e. The molecular formula is C18H30O. The summed E-state index contributed by atoms with van der Waals surface area (Å²) in [4.78, 5) is 0. The van der Waals surface area contributed by atoms with E-state index in [-0.39, 0.29) is 6.61 Å². The second kappa shape index (κ2) is 10.0. The molecule has 1 rings (SSSR count). The minimum absolute atomic E-state index is 0.159. The Morgan fingerprint density at radius 3 is 2.00 bits per heavy atom. The van der Waals surface area contributed by atoms with Crippen molar-refractivity contribution < 1.29 is 5.11 Å². The van der Waals surface area contributed by atoms with Gasteiger partial charge < -0.3 is 5.11 Å². The van der Waals surface area contributed by atoms with E-state index in [2.05, 4.69) is 32.0 Å². The van der Waals surface area contributed by atoms with E-state index in [0.717, 1.165) is 12.0 Å². The molecule has 1 aromatic carbocycles. The fourth-order valence-corrected chi connectivity index (χ4v) is 2.65. The van der Waals surface area contributed by atoms with Crippen LogP contribution in [-0.2, 0) is 13.0 Å². The van der Waals surface area contributed by atoms with Gasteiger partial charge >= 0.3 is 0 Å². The van der Waals surface area contributed by atoms with E-state index >= 15 is 0 Å². The number of aliphatic hydroxyl groups excluding tert-OH is 1. The highest BCUT2D eigenvalue weighted by Gasteiger charge is 1.99. The highest BCUT2D eigenvalue weighted by Crippen LogP contribution is 2.14. The zero-order valence-electron chi connectivity index (χ0n) is 12.8. The van der Waals surface area contributed by atoms with Crippen LogP contribution in [0.4, 0.5) is 0 Å². The topological polar surface area (TPSA) is 20.2 Å². The van der Waals surface area contributed by atoms with Crippen LogP contribution in [0.5, 0.6) is 0 Å². The van der Waals surface area contributed by atoms with Crippen molar-refractivity contribution in [2.45, 2.75) is 78.2 Å². The predicted molar refractivity (Wildman–Crippen MR) is 83.4 cm³/mol. The first kappa shape index (κ1) is 16.2. The number of hydrogen-bond acceptors (Lipinski definition) is 1. The molecule has 1 heteroatoms. The molecule has 0 saturated heterocycles. The summed E-state index contributed by atoms with van der Waals surface area (Å²) in [6.07, 6.45) is 12.1. The van der Waals surface area contributed by atoms with E-state index < -0.39 is 0 Å². The summed E-state index contributed by atoms with van der Waals surface area (Å²) >= 11 is 0. The molecule has 0 aliphatic rings. The SMILES string of the molecule is CCCCCCCCCCc1cc(C)cc(CO)c1. The van der Waals surface area contributed by atoms with Crippen LogP contribution in [-0.4, -0.2) is 5.11 Å². The van der Waals surface area contributed by atoms with Crippen LogP contribution in [0.3, 0.4) is 0 Å². The molecule has 0 saturated carbocycles. The van der Waals surface area contributed by atoms with Crippen molar-refractivity contribution in [3.05, 3.63) is 34.9 Å². The Morgan fingerprint density at radius 1 is 0.789 bits per heavy atom. The van der Waals surface area contributed by atoms with Crippen molar-refractivity contribution in [2.24, 2.45) is 0 Å². The molecule has 1 N–H and O–H groups in total. The van der Waals surface area contributed by atoms with Crippen LogP contribution in [0.15, 0.2) is 18.2 Å². The summed E-state index contributed by atoms with van der Waals surface area (Å²) in [5.41, 5.74) is 3.70. The maximum atomic E-state index is 9.20. The molecular weight excluding hydrogens is 232 g/mol.